The minimum Gasteiger partial charge on any atom is -0.279 e. The molecule has 0 spiro atoms. The van der Waals surface area contributed by atoms with Gasteiger partial charge in [-0.3, -0.25) is 13.9 Å². The van der Waals surface area contributed by atoms with E-state index in [1.54, 1.807) is 6.07 Å². The molecule has 0 aromatic carbocycles. The van der Waals surface area contributed by atoms with Crippen LogP contribution in [0.25, 0.3) is 11.2 Å². The molecule has 2 aromatic rings. The van der Waals surface area contributed by atoms with Crippen LogP contribution in [0.2, 0.25) is 5.15 Å². The molecule has 0 aliphatic heterocycles. The molecular formula is C9H6ClN5O2. The highest BCUT2D eigenvalue weighted by Gasteiger charge is 2.14. The van der Waals surface area contributed by atoms with Crippen molar-refractivity contribution in [1.29, 1.82) is 5.26 Å². The minimum absolute atomic E-state index is 0.0575. The molecule has 0 amide bonds. The summed E-state index contributed by atoms with van der Waals surface area (Å²) < 4.78 is 2.04. The Labute approximate surface area is 99.5 Å². The SMILES string of the molecule is Cn1c(=O)c2nc(C#N)c(Cl)nc2n(C)c1=O. The van der Waals surface area contributed by atoms with E-state index in [0.717, 1.165) is 9.13 Å². The van der Waals surface area contributed by atoms with Gasteiger partial charge in [-0.2, -0.15) is 5.26 Å². The van der Waals surface area contributed by atoms with Crippen LogP contribution < -0.4 is 11.2 Å². The van der Waals surface area contributed by atoms with Gasteiger partial charge in [-0.05, 0) is 0 Å². The lowest BCUT2D eigenvalue weighted by Crippen LogP contribution is -2.37. The van der Waals surface area contributed by atoms with E-state index in [9.17, 15) is 9.59 Å². The maximum Gasteiger partial charge on any atom is 0.332 e. The van der Waals surface area contributed by atoms with Crippen molar-refractivity contribution in [1.82, 2.24) is 19.1 Å². The summed E-state index contributed by atoms with van der Waals surface area (Å²) in [6.45, 7) is 0. The standard InChI is InChI=1S/C9H6ClN5O2/c1-14-7-5(8(16)15(2)9(14)17)12-4(3-11)6(10)13-7/h1-2H3. The van der Waals surface area contributed by atoms with Crippen molar-refractivity contribution in [2.24, 2.45) is 14.1 Å². The molecular weight excluding hydrogens is 246 g/mol. The number of fused-ring (bicyclic) bond motifs is 1. The van der Waals surface area contributed by atoms with Gasteiger partial charge in [0.15, 0.2) is 22.0 Å². The monoisotopic (exact) mass is 251 g/mol. The summed E-state index contributed by atoms with van der Waals surface area (Å²) in [6.07, 6.45) is 0. The summed E-state index contributed by atoms with van der Waals surface area (Å²) >= 11 is 5.70. The van der Waals surface area contributed by atoms with Gasteiger partial charge in [0, 0.05) is 14.1 Å². The maximum atomic E-state index is 11.8. The van der Waals surface area contributed by atoms with Crippen LogP contribution in [-0.4, -0.2) is 19.1 Å². The summed E-state index contributed by atoms with van der Waals surface area (Å²) in [7, 11) is 2.77. The summed E-state index contributed by atoms with van der Waals surface area (Å²) in [5.41, 5.74) is -1.28. The van der Waals surface area contributed by atoms with E-state index < -0.39 is 11.2 Å². The lowest BCUT2D eigenvalue weighted by molar-refractivity contribution is 0.704. The van der Waals surface area contributed by atoms with Gasteiger partial charge in [-0.1, -0.05) is 11.6 Å². The molecule has 0 unspecified atom stereocenters. The van der Waals surface area contributed by atoms with Crippen LogP contribution in [-0.2, 0) is 14.1 Å². The summed E-state index contributed by atoms with van der Waals surface area (Å²) in [5.74, 6) is 0. The molecule has 0 aliphatic rings. The third-order valence-electron chi connectivity index (χ3n) is 2.34. The highest BCUT2D eigenvalue weighted by Crippen LogP contribution is 2.12. The fourth-order valence-corrected chi connectivity index (χ4v) is 1.58. The Bertz CT molecular complexity index is 783. The van der Waals surface area contributed by atoms with Gasteiger partial charge in [0.1, 0.15) is 6.07 Å². The first kappa shape index (κ1) is 11.3. The predicted molar refractivity (Wildman–Crippen MR) is 59.7 cm³/mol. The molecule has 2 aromatic heterocycles. The number of nitrogens with zero attached hydrogens (tertiary/aromatic N) is 5. The van der Waals surface area contributed by atoms with E-state index in [1.807, 2.05) is 0 Å². The van der Waals surface area contributed by atoms with E-state index in [2.05, 4.69) is 9.97 Å². The summed E-state index contributed by atoms with van der Waals surface area (Å²) in [5, 5.41) is 8.61. The number of hydrogen-bond acceptors (Lipinski definition) is 5. The fraction of sp³-hybridized carbons (Fsp3) is 0.222. The van der Waals surface area contributed by atoms with E-state index in [-0.39, 0.29) is 22.0 Å². The number of aromatic nitrogens is 4. The predicted octanol–water partition coefficient (Wildman–Crippen LogP) is -0.448. The van der Waals surface area contributed by atoms with Crippen molar-refractivity contribution < 1.29 is 0 Å². The van der Waals surface area contributed by atoms with Crippen molar-refractivity contribution >= 4 is 22.8 Å². The average Bonchev–Trinajstić information content (AvgIpc) is 2.33. The maximum absolute atomic E-state index is 11.8. The largest absolute Gasteiger partial charge is 0.332 e. The Morgan fingerprint density at radius 1 is 1.24 bits per heavy atom. The van der Waals surface area contributed by atoms with Crippen molar-refractivity contribution in [2.45, 2.75) is 0 Å². The number of hydrogen-bond donors (Lipinski definition) is 0. The van der Waals surface area contributed by atoms with Gasteiger partial charge in [-0.15, -0.1) is 0 Å². The Morgan fingerprint density at radius 2 is 1.88 bits per heavy atom. The highest BCUT2D eigenvalue weighted by atomic mass is 35.5. The quantitative estimate of drug-likeness (QED) is 0.632. The first-order valence-corrected chi connectivity index (χ1v) is 4.88. The van der Waals surface area contributed by atoms with Crippen LogP contribution >= 0.6 is 11.6 Å². The van der Waals surface area contributed by atoms with Crippen molar-refractivity contribution in [3.8, 4) is 6.07 Å². The number of nitriles is 1. The second-order valence-electron chi connectivity index (χ2n) is 3.35. The molecule has 0 saturated heterocycles. The van der Waals surface area contributed by atoms with Crippen molar-refractivity contribution in [2.75, 3.05) is 0 Å². The molecule has 2 rings (SSSR count). The second-order valence-corrected chi connectivity index (χ2v) is 3.71. The zero-order chi connectivity index (χ0) is 12.7. The topological polar surface area (TPSA) is 93.6 Å². The van der Waals surface area contributed by atoms with Crippen LogP contribution in [0.15, 0.2) is 9.59 Å². The molecule has 0 bridgehead atoms. The van der Waals surface area contributed by atoms with Gasteiger partial charge in [0.05, 0.1) is 0 Å². The first-order chi connectivity index (χ1) is 7.97. The van der Waals surface area contributed by atoms with Gasteiger partial charge < -0.3 is 0 Å². The minimum atomic E-state index is -0.608. The van der Waals surface area contributed by atoms with Crippen LogP contribution in [0.1, 0.15) is 5.69 Å². The van der Waals surface area contributed by atoms with E-state index >= 15 is 0 Å². The molecule has 86 valence electrons. The smallest absolute Gasteiger partial charge is 0.279 e. The molecule has 0 aliphatic carbocycles. The second kappa shape index (κ2) is 3.68. The summed E-state index contributed by atoms with van der Waals surface area (Å²) in [4.78, 5) is 31.0. The van der Waals surface area contributed by atoms with E-state index in [4.69, 9.17) is 16.9 Å². The molecule has 0 fully saturated rings. The Hall–Kier alpha value is -2.20. The molecule has 0 saturated carbocycles. The molecule has 8 heteroatoms. The van der Waals surface area contributed by atoms with Gasteiger partial charge in [-0.25, -0.2) is 14.8 Å². The molecule has 0 radical (unpaired) electrons. The fourth-order valence-electron chi connectivity index (χ4n) is 1.42. The third-order valence-corrected chi connectivity index (χ3v) is 2.60. The average molecular weight is 252 g/mol. The Balaban J connectivity index is 3.14. The number of rotatable bonds is 0. The molecule has 2 heterocycles. The Morgan fingerprint density at radius 3 is 2.47 bits per heavy atom. The number of aryl methyl sites for hydroxylation is 1. The lowest BCUT2D eigenvalue weighted by Gasteiger charge is -2.06. The molecule has 0 atom stereocenters. The third kappa shape index (κ3) is 1.50. The van der Waals surface area contributed by atoms with Gasteiger partial charge in [0.2, 0.25) is 0 Å². The van der Waals surface area contributed by atoms with Crippen LogP contribution in [0.4, 0.5) is 0 Å². The molecule has 0 N–H and O–H groups in total. The van der Waals surface area contributed by atoms with Crippen LogP contribution in [0.3, 0.4) is 0 Å². The van der Waals surface area contributed by atoms with Crippen LogP contribution in [0, 0.1) is 11.3 Å². The number of halogens is 1. The van der Waals surface area contributed by atoms with Crippen molar-refractivity contribution in [3.63, 3.8) is 0 Å². The summed E-state index contributed by atoms with van der Waals surface area (Å²) in [6, 6.07) is 1.73. The molecule has 17 heavy (non-hydrogen) atoms. The normalized spacial score (nSPS) is 10.5. The van der Waals surface area contributed by atoms with Gasteiger partial charge >= 0.3 is 5.69 Å². The van der Waals surface area contributed by atoms with Gasteiger partial charge in [0.25, 0.3) is 5.56 Å². The first-order valence-electron chi connectivity index (χ1n) is 4.50. The van der Waals surface area contributed by atoms with E-state index in [1.165, 1.54) is 14.1 Å². The highest BCUT2D eigenvalue weighted by molar-refractivity contribution is 6.30. The van der Waals surface area contributed by atoms with Crippen molar-refractivity contribution in [3.05, 3.63) is 31.7 Å². The zero-order valence-corrected chi connectivity index (χ0v) is 9.69. The van der Waals surface area contributed by atoms with E-state index in [0.29, 0.717) is 0 Å². The lowest BCUT2D eigenvalue weighted by atomic mass is 10.4. The van der Waals surface area contributed by atoms with Crippen LogP contribution in [0.5, 0.6) is 0 Å². The Kier molecular flexibility index (Phi) is 2.44. The zero-order valence-electron chi connectivity index (χ0n) is 8.93. The molecule has 7 nitrogen and oxygen atoms in total.